The van der Waals surface area contributed by atoms with Crippen molar-refractivity contribution < 1.29 is 9.53 Å². The molecule has 2 N–H and O–H groups in total. The second-order valence-electron chi connectivity index (χ2n) is 6.97. The number of hydrogen-bond acceptors (Lipinski definition) is 4. The minimum absolute atomic E-state index is 0.0437. The van der Waals surface area contributed by atoms with Gasteiger partial charge in [0.15, 0.2) is 0 Å². The van der Waals surface area contributed by atoms with Gasteiger partial charge in [0.1, 0.15) is 0 Å². The van der Waals surface area contributed by atoms with Crippen molar-refractivity contribution >= 4 is 5.91 Å². The summed E-state index contributed by atoms with van der Waals surface area (Å²) in [6, 6.07) is 0.580. The molecule has 5 heteroatoms. The van der Waals surface area contributed by atoms with E-state index in [1.807, 2.05) is 0 Å². The van der Waals surface area contributed by atoms with Crippen molar-refractivity contribution in [3.05, 3.63) is 0 Å². The van der Waals surface area contributed by atoms with Crippen molar-refractivity contribution in [3.63, 3.8) is 0 Å². The van der Waals surface area contributed by atoms with Gasteiger partial charge in [0, 0.05) is 38.3 Å². The lowest BCUT2D eigenvalue weighted by Crippen LogP contribution is -2.50. The lowest BCUT2D eigenvalue weighted by molar-refractivity contribution is -0.138. The number of amides is 1. The molecule has 4 atom stereocenters. The fraction of sp³-hybridized carbons (Fsp3) is 0.938. The first-order chi connectivity index (χ1) is 10.2. The first-order valence-corrected chi connectivity index (χ1v) is 8.53. The van der Waals surface area contributed by atoms with Crippen LogP contribution in [0.1, 0.15) is 32.6 Å². The van der Waals surface area contributed by atoms with E-state index in [4.69, 9.17) is 10.5 Å². The number of rotatable bonds is 2. The summed E-state index contributed by atoms with van der Waals surface area (Å²) in [5.41, 5.74) is 6.24. The van der Waals surface area contributed by atoms with Gasteiger partial charge in [-0.15, -0.1) is 0 Å². The molecule has 0 spiro atoms. The molecule has 5 nitrogen and oxygen atoms in total. The maximum absolute atomic E-state index is 12.9. The van der Waals surface area contributed by atoms with Crippen LogP contribution in [0.2, 0.25) is 0 Å². The highest BCUT2D eigenvalue weighted by molar-refractivity contribution is 5.80. The zero-order valence-corrected chi connectivity index (χ0v) is 13.2. The Kier molecular flexibility index (Phi) is 4.82. The summed E-state index contributed by atoms with van der Waals surface area (Å²) < 4.78 is 5.42. The molecule has 1 amide bonds. The zero-order valence-electron chi connectivity index (χ0n) is 13.2. The van der Waals surface area contributed by atoms with Crippen LogP contribution in [-0.2, 0) is 9.53 Å². The largest absolute Gasteiger partial charge is 0.379 e. The van der Waals surface area contributed by atoms with Gasteiger partial charge in [-0.2, -0.15) is 0 Å². The molecule has 0 aromatic heterocycles. The van der Waals surface area contributed by atoms with E-state index in [2.05, 4.69) is 16.7 Å². The molecule has 21 heavy (non-hydrogen) atoms. The van der Waals surface area contributed by atoms with Crippen molar-refractivity contribution in [3.8, 4) is 0 Å². The van der Waals surface area contributed by atoms with E-state index in [0.29, 0.717) is 17.9 Å². The smallest absolute Gasteiger partial charge is 0.227 e. The monoisotopic (exact) mass is 295 g/mol. The van der Waals surface area contributed by atoms with Crippen molar-refractivity contribution in [1.29, 1.82) is 0 Å². The maximum atomic E-state index is 12.9. The van der Waals surface area contributed by atoms with Gasteiger partial charge in [-0.25, -0.2) is 0 Å². The molecule has 0 aromatic carbocycles. The molecule has 1 saturated carbocycles. The number of ether oxygens (including phenoxy) is 1. The lowest BCUT2D eigenvalue weighted by Gasteiger charge is -2.36. The molecule has 4 unspecified atom stereocenters. The molecule has 0 radical (unpaired) electrons. The van der Waals surface area contributed by atoms with Crippen molar-refractivity contribution in [2.75, 3.05) is 39.4 Å². The van der Waals surface area contributed by atoms with Crippen LogP contribution in [-0.4, -0.2) is 67.2 Å². The molecule has 3 rings (SSSR count). The molecule has 0 bridgehead atoms. The van der Waals surface area contributed by atoms with E-state index in [-0.39, 0.29) is 12.0 Å². The number of hydrogen-bond donors (Lipinski definition) is 1. The van der Waals surface area contributed by atoms with Crippen LogP contribution < -0.4 is 5.73 Å². The number of morpholine rings is 1. The van der Waals surface area contributed by atoms with Crippen molar-refractivity contribution in [2.24, 2.45) is 17.6 Å². The SMILES string of the molecule is CC1CCCC(N)C1C(=O)N1CCC(N2CCOCC2)C1. The lowest BCUT2D eigenvalue weighted by atomic mass is 9.76. The second-order valence-corrected chi connectivity index (χ2v) is 6.97. The predicted octanol–water partition coefficient (Wildman–Crippen LogP) is 0.683. The van der Waals surface area contributed by atoms with Crippen LogP contribution in [0.3, 0.4) is 0 Å². The maximum Gasteiger partial charge on any atom is 0.227 e. The molecule has 0 aromatic rings. The number of nitrogens with zero attached hydrogens (tertiary/aromatic N) is 2. The average Bonchev–Trinajstić information content (AvgIpc) is 2.97. The second kappa shape index (κ2) is 6.63. The van der Waals surface area contributed by atoms with E-state index in [1.165, 1.54) is 6.42 Å². The summed E-state index contributed by atoms with van der Waals surface area (Å²) >= 11 is 0. The van der Waals surface area contributed by atoms with E-state index < -0.39 is 0 Å². The molecule has 2 heterocycles. The van der Waals surface area contributed by atoms with Gasteiger partial charge in [0.2, 0.25) is 5.91 Å². The van der Waals surface area contributed by atoms with Gasteiger partial charge >= 0.3 is 0 Å². The van der Waals surface area contributed by atoms with Crippen LogP contribution in [0, 0.1) is 11.8 Å². The molecule has 2 aliphatic heterocycles. The van der Waals surface area contributed by atoms with Gasteiger partial charge in [-0.3, -0.25) is 9.69 Å². The Labute approximate surface area is 127 Å². The summed E-state index contributed by atoms with van der Waals surface area (Å²) in [6.45, 7) is 7.64. The van der Waals surface area contributed by atoms with E-state index >= 15 is 0 Å². The predicted molar refractivity (Wildman–Crippen MR) is 81.9 cm³/mol. The highest BCUT2D eigenvalue weighted by Crippen LogP contribution is 2.31. The highest BCUT2D eigenvalue weighted by atomic mass is 16.5. The zero-order chi connectivity index (χ0) is 14.8. The van der Waals surface area contributed by atoms with Gasteiger partial charge in [-0.05, 0) is 25.2 Å². The first-order valence-electron chi connectivity index (χ1n) is 8.53. The molecule has 3 fully saturated rings. The van der Waals surface area contributed by atoms with Gasteiger partial charge in [0.25, 0.3) is 0 Å². The van der Waals surface area contributed by atoms with E-state index in [1.54, 1.807) is 0 Å². The van der Waals surface area contributed by atoms with Crippen LogP contribution in [0.4, 0.5) is 0 Å². The third-order valence-electron chi connectivity index (χ3n) is 5.59. The van der Waals surface area contributed by atoms with Gasteiger partial charge in [0.05, 0.1) is 19.1 Å². The summed E-state index contributed by atoms with van der Waals surface area (Å²) in [6.07, 6.45) is 4.41. The quantitative estimate of drug-likeness (QED) is 0.814. The number of carbonyl (C=O) groups is 1. The van der Waals surface area contributed by atoms with Crippen LogP contribution in [0.5, 0.6) is 0 Å². The van der Waals surface area contributed by atoms with Crippen LogP contribution in [0.25, 0.3) is 0 Å². The molecular formula is C16H29N3O2. The highest BCUT2D eigenvalue weighted by Gasteiger charge is 2.39. The molecule has 2 saturated heterocycles. The third kappa shape index (κ3) is 3.25. The fourth-order valence-corrected chi connectivity index (χ4v) is 4.28. The fourth-order valence-electron chi connectivity index (χ4n) is 4.28. The summed E-state index contributed by atoms with van der Waals surface area (Å²) in [4.78, 5) is 17.4. The Bertz CT molecular complexity index is 361. The summed E-state index contributed by atoms with van der Waals surface area (Å²) in [5, 5.41) is 0. The Morgan fingerprint density at radius 1 is 1.14 bits per heavy atom. The number of carbonyl (C=O) groups excluding carboxylic acids is 1. The standard InChI is InChI=1S/C16H29N3O2/c1-12-3-2-4-14(17)15(12)16(20)19-6-5-13(11-19)18-7-9-21-10-8-18/h12-15H,2-11,17H2,1H3. The average molecular weight is 295 g/mol. The minimum atomic E-state index is 0.0437. The Morgan fingerprint density at radius 3 is 2.62 bits per heavy atom. The Balaban J connectivity index is 1.58. The van der Waals surface area contributed by atoms with Gasteiger partial charge < -0.3 is 15.4 Å². The normalized spacial score (nSPS) is 38.7. The summed E-state index contributed by atoms with van der Waals surface area (Å²) in [7, 11) is 0. The number of likely N-dealkylation sites (tertiary alicyclic amines) is 1. The molecular weight excluding hydrogens is 266 g/mol. The van der Waals surface area contributed by atoms with E-state index in [9.17, 15) is 4.79 Å². The molecule has 120 valence electrons. The van der Waals surface area contributed by atoms with Crippen molar-refractivity contribution in [1.82, 2.24) is 9.80 Å². The number of nitrogens with two attached hydrogens (primary N) is 1. The Hall–Kier alpha value is -0.650. The third-order valence-corrected chi connectivity index (χ3v) is 5.59. The van der Waals surface area contributed by atoms with Crippen molar-refractivity contribution in [2.45, 2.75) is 44.7 Å². The van der Waals surface area contributed by atoms with Gasteiger partial charge in [-0.1, -0.05) is 13.3 Å². The Morgan fingerprint density at radius 2 is 1.90 bits per heavy atom. The topological polar surface area (TPSA) is 58.8 Å². The molecule has 3 aliphatic rings. The molecule has 1 aliphatic carbocycles. The summed E-state index contributed by atoms with van der Waals surface area (Å²) in [5.74, 6) is 0.788. The van der Waals surface area contributed by atoms with E-state index in [0.717, 1.165) is 58.7 Å². The van der Waals surface area contributed by atoms with Crippen LogP contribution >= 0.6 is 0 Å². The first kappa shape index (κ1) is 15.3. The minimum Gasteiger partial charge on any atom is -0.379 e. The van der Waals surface area contributed by atoms with Crippen LogP contribution in [0.15, 0.2) is 0 Å².